The van der Waals surface area contributed by atoms with Crippen LogP contribution in [0.5, 0.6) is 0 Å². The van der Waals surface area contributed by atoms with Crippen molar-refractivity contribution in [3.8, 4) is 0 Å². The highest BCUT2D eigenvalue weighted by Gasteiger charge is 2.36. The van der Waals surface area contributed by atoms with Crippen molar-refractivity contribution in [1.82, 2.24) is 19.4 Å². The van der Waals surface area contributed by atoms with Crippen LogP contribution < -0.4 is 5.32 Å². The van der Waals surface area contributed by atoms with E-state index < -0.39 is 33.8 Å². The van der Waals surface area contributed by atoms with Crippen LogP contribution in [0, 0.1) is 11.7 Å². The van der Waals surface area contributed by atoms with Crippen molar-refractivity contribution in [2.75, 3.05) is 85.3 Å². The largest absolute Gasteiger partial charge is 0.481 e. The lowest BCUT2D eigenvalue weighted by Gasteiger charge is -2.33. The number of benzene rings is 2. The minimum absolute atomic E-state index is 0.0740. The Balaban J connectivity index is 1.59. The smallest absolute Gasteiger partial charge is 0.309 e. The number of hydrogen-bond donors (Lipinski definition) is 2. The Kier molecular flexibility index (Phi) is 11.9. The number of halogens is 2. The molecule has 2 atom stereocenters. The van der Waals surface area contributed by atoms with E-state index in [2.05, 4.69) is 15.1 Å². The summed E-state index contributed by atoms with van der Waals surface area (Å²) in [4.78, 5) is 17.0. The Labute approximate surface area is 246 Å². The number of carboxylic acid groups (broad SMARTS) is 1. The summed E-state index contributed by atoms with van der Waals surface area (Å²) in [5.41, 5.74) is 0.691. The number of morpholine rings is 2. The monoisotopic (exact) mass is 612 g/mol. The van der Waals surface area contributed by atoms with Gasteiger partial charge in [-0.2, -0.15) is 4.31 Å². The molecule has 4 rings (SSSR count). The van der Waals surface area contributed by atoms with Crippen molar-refractivity contribution in [3.05, 3.63) is 64.9 Å². The standard InChI is InChI=1S/C28H38ClFN4O6S/c29-23-3-1-22(2-4-23)27(31-9-10-32-13-17-39-18-14-32)26(28(35)36)21-34(12-11-33-15-19-40-20-16-33)41(37,38)25-7-5-24(30)6-8-25/h1-8,26-27,31H,9-21H2,(H,35,36). The zero-order valence-corrected chi connectivity index (χ0v) is 24.5. The molecule has 0 radical (unpaired) electrons. The predicted octanol–water partition coefficient (Wildman–Crippen LogP) is 2.17. The molecule has 2 aliphatic rings. The molecule has 2 N–H and O–H groups in total. The fourth-order valence-electron chi connectivity index (χ4n) is 5.05. The number of hydrogen-bond acceptors (Lipinski definition) is 8. The summed E-state index contributed by atoms with van der Waals surface area (Å²) in [7, 11) is -4.13. The van der Waals surface area contributed by atoms with Gasteiger partial charge < -0.3 is 19.9 Å². The summed E-state index contributed by atoms with van der Waals surface area (Å²) in [6.07, 6.45) is 0. The van der Waals surface area contributed by atoms with Crippen LogP contribution >= 0.6 is 11.6 Å². The molecule has 13 heteroatoms. The van der Waals surface area contributed by atoms with Crippen LogP contribution in [0.15, 0.2) is 53.4 Å². The summed E-state index contributed by atoms with van der Waals surface area (Å²) in [6.45, 7) is 6.68. The van der Waals surface area contributed by atoms with Crippen molar-refractivity contribution in [1.29, 1.82) is 0 Å². The second kappa shape index (κ2) is 15.4. The van der Waals surface area contributed by atoms with Gasteiger partial charge in [0.1, 0.15) is 5.82 Å². The highest BCUT2D eigenvalue weighted by Crippen LogP contribution is 2.27. The lowest BCUT2D eigenvalue weighted by molar-refractivity contribution is -0.143. The fraction of sp³-hybridized carbons (Fsp3) is 0.536. The topological polar surface area (TPSA) is 112 Å². The SMILES string of the molecule is O=C(O)C(CN(CCN1CCOCC1)S(=O)(=O)c1ccc(F)cc1)C(NCCN1CCOCC1)c1ccc(Cl)cc1. The number of carbonyl (C=O) groups is 1. The number of carboxylic acids is 1. The van der Waals surface area contributed by atoms with E-state index in [1.54, 1.807) is 24.3 Å². The molecule has 0 saturated carbocycles. The molecule has 2 fully saturated rings. The van der Waals surface area contributed by atoms with Crippen LogP contribution in [0.3, 0.4) is 0 Å². The number of aliphatic carboxylic acids is 1. The van der Waals surface area contributed by atoms with Gasteiger partial charge in [0.15, 0.2) is 0 Å². The van der Waals surface area contributed by atoms with Crippen LogP contribution in [0.25, 0.3) is 0 Å². The second-order valence-corrected chi connectivity index (χ2v) is 12.5. The van der Waals surface area contributed by atoms with Crippen molar-refractivity contribution < 1.29 is 32.2 Å². The molecule has 0 aliphatic carbocycles. The molecule has 2 saturated heterocycles. The molecule has 2 unspecified atom stereocenters. The Hall–Kier alpha value is -2.16. The number of sulfonamides is 1. The van der Waals surface area contributed by atoms with Gasteiger partial charge in [-0.15, -0.1) is 0 Å². The van der Waals surface area contributed by atoms with E-state index in [4.69, 9.17) is 21.1 Å². The van der Waals surface area contributed by atoms with Crippen LogP contribution in [0.1, 0.15) is 11.6 Å². The summed E-state index contributed by atoms with van der Waals surface area (Å²) in [5, 5.41) is 14.4. The van der Waals surface area contributed by atoms with Crippen LogP contribution in [0.2, 0.25) is 5.02 Å². The zero-order valence-electron chi connectivity index (χ0n) is 23.0. The first-order chi connectivity index (χ1) is 19.7. The Morgan fingerprint density at radius 1 is 0.951 bits per heavy atom. The second-order valence-electron chi connectivity index (χ2n) is 10.2. The third-order valence-corrected chi connectivity index (χ3v) is 9.60. The van der Waals surface area contributed by atoms with Crippen LogP contribution in [-0.4, -0.2) is 119 Å². The van der Waals surface area contributed by atoms with E-state index in [0.717, 1.165) is 25.2 Å². The lowest BCUT2D eigenvalue weighted by atomic mass is 9.92. The highest BCUT2D eigenvalue weighted by atomic mass is 35.5. The molecule has 2 heterocycles. The molecule has 2 aromatic rings. The maximum atomic E-state index is 13.8. The highest BCUT2D eigenvalue weighted by molar-refractivity contribution is 7.89. The molecule has 0 amide bonds. The van der Waals surface area contributed by atoms with E-state index in [1.165, 1.54) is 16.4 Å². The summed E-state index contributed by atoms with van der Waals surface area (Å²) < 4.78 is 53.3. The van der Waals surface area contributed by atoms with Gasteiger partial charge in [0.05, 0.1) is 37.2 Å². The van der Waals surface area contributed by atoms with Gasteiger partial charge in [-0.1, -0.05) is 23.7 Å². The molecule has 226 valence electrons. The number of ether oxygens (including phenoxy) is 2. The lowest BCUT2D eigenvalue weighted by Crippen LogP contribution is -2.48. The Morgan fingerprint density at radius 2 is 1.51 bits per heavy atom. The average Bonchev–Trinajstić information content (AvgIpc) is 2.97. The number of nitrogens with one attached hydrogen (secondary N) is 1. The Morgan fingerprint density at radius 3 is 2.07 bits per heavy atom. The summed E-state index contributed by atoms with van der Waals surface area (Å²) in [5.74, 6) is -2.81. The van der Waals surface area contributed by atoms with Crippen molar-refractivity contribution in [3.63, 3.8) is 0 Å². The van der Waals surface area contributed by atoms with Gasteiger partial charge in [-0.3, -0.25) is 14.6 Å². The molecular formula is C28H38ClFN4O6S. The third kappa shape index (κ3) is 9.16. The van der Waals surface area contributed by atoms with Crippen molar-refractivity contribution in [2.24, 2.45) is 5.92 Å². The fourth-order valence-corrected chi connectivity index (χ4v) is 6.64. The van der Waals surface area contributed by atoms with E-state index in [-0.39, 0.29) is 18.0 Å². The van der Waals surface area contributed by atoms with Gasteiger partial charge in [0, 0.05) is 70.0 Å². The van der Waals surface area contributed by atoms with Gasteiger partial charge in [-0.25, -0.2) is 12.8 Å². The van der Waals surface area contributed by atoms with Crippen molar-refractivity contribution in [2.45, 2.75) is 10.9 Å². The molecule has 0 aromatic heterocycles. The molecule has 2 aromatic carbocycles. The van der Waals surface area contributed by atoms with Crippen LogP contribution in [0.4, 0.5) is 4.39 Å². The van der Waals surface area contributed by atoms with Gasteiger partial charge >= 0.3 is 5.97 Å². The van der Waals surface area contributed by atoms with E-state index in [9.17, 15) is 22.7 Å². The molecule has 2 aliphatic heterocycles. The molecule has 10 nitrogen and oxygen atoms in total. The number of nitrogens with zero attached hydrogens (tertiary/aromatic N) is 3. The molecule has 0 spiro atoms. The van der Waals surface area contributed by atoms with Crippen LogP contribution in [-0.2, 0) is 24.3 Å². The molecular weight excluding hydrogens is 575 g/mol. The Bertz CT molecular complexity index is 1210. The van der Waals surface area contributed by atoms with Gasteiger partial charge in [0.25, 0.3) is 0 Å². The average molecular weight is 613 g/mol. The maximum Gasteiger partial charge on any atom is 0.309 e. The normalized spacial score (nSPS) is 18.8. The molecule has 0 bridgehead atoms. The quantitative estimate of drug-likeness (QED) is 0.332. The zero-order chi connectivity index (χ0) is 29.2. The minimum atomic E-state index is -4.13. The first-order valence-electron chi connectivity index (χ1n) is 13.8. The van der Waals surface area contributed by atoms with Gasteiger partial charge in [0.2, 0.25) is 10.0 Å². The summed E-state index contributed by atoms with van der Waals surface area (Å²) >= 11 is 6.12. The minimum Gasteiger partial charge on any atom is -0.481 e. The first-order valence-corrected chi connectivity index (χ1v) is 15.6. The maximum absolute atomic E-state index is 13.8. The first kappa shape index (κ1) is 31.8. The third-order valence-electron chi connectivity index (χ3n) is 7.47. The summed E-state index contributed by atoms with van der Waals surface area (Å²) in [6, 6.07) is 10.8. The van der Waals surface area contributed by atoms with Gasteiger partial charge in [-0.05, 0) is 42.0 Å². The van der Waals surface area contributed by atoms with Crippen molar-refractivity contribution >= 4 is 27.6 Å². The van der Waals surface area contributed by atoms with E-state index in [0.29, 0.717) is 69.7 Å². The number of rotatable bonds is 14. The predicted molar refractivity (Wildman–Crippen MR) is 153 cm³/mol. The molecule has 41 heavy (non-hydrogen) atoms. The van der Waals surface area contributed by atoms with E-state index >= 15 is 0 Å². The van der Waals surface area contributed by atoms with E-state index in [1.807, 2.05) is 0 Å².